The maximum Gasteiger partial charge on any atom is 0.259 e. The van der Waals surface area contributed by atoms with E-state index in [1.54, 1.807) is 36.4 Å². The van der Waals surface area contributed by atoms with E-state index >= 15 is 0 Å². The molecular weight excluding hydrogens is 332 g/mol. The number of anilines is 1. The van der Waals surface area contributed by atoms with Crippen molar-refractivity contribution < 1.29 is 9.53 Å². The van der Waals surface area contributed by atoms with Crippen LogP contribution in [-0.4, -0.2) is 13.0 Å². The summed E-state index contributed by atoms with van der Waals surface area (Å²) in [4.78, 5) is 12.4. The van der Waals surface area contributed by atoms with Gasteiger partial charge in [-0.1, -0.05) is 22.0 Å². The number of carbonyl (C=O) groups is 1. The summed E-state index contributed by atoms with van der Waals surface area (Å²) in [5.41, 5.74) is 2.43. The highest BCUT2D eigenvalue weighted by atomic mass is 79.9. The number of amides is 1. The van der Waals surface area contributed by atoms with E-state index in [-0.39, 0.29) is 5.91 Å². The SMILES string of the molecule is COc1cc(Br)ccc1C(=O)Nc1cc(C#N)ccc1C. The summed E-state index contributed by atoms with van der Waals surface area (Å²) in [6, 6.07) is 12.4. The molecule has 0 unspecified atom stereocenters. The number of ether oxygens (including phenoxy) is 1. The van der Waals surface area contributed by atoms with Crippen LogP contribution in [0.25, 0.3) is 0 Å². The Kier molecular flexibility index (Phi) is 4.61. The summed E-state index contributed by atoms with van der Waals surface area (Å²) in [5, 5.41) is 11.7. The van der Waals surface area contributed by atoms with E-state index in [2.05, 4.69) is 27.3 Å². The third-order valence-corrected chi connectivity index (χ3v) is 3.52. The summed E-state index contributed by atoms with van der Waals surface area (Å²) in [6.45, 7) is 1.87. The second kappa shape index (κ2) is 6.42. The third kappa shape index (κ3) is 3.41. The van der Waals surface area contributed by atoms with Crippen LogP contribution in [0.15, 0.2) is 40.9 Å². The lowest BCUT2D eigenvalue weighted by Crippen LogP contribution is -2.14. The number of nitriles is 1. The third-order valence-electron chi connectivity index (χ3n) is 3.02. The Hall–Kier alpha value is -2.32. The topological polar surface area (TPSA) is 62.1 Å². The van der Waals surface area contributed by atoms with Crippen molar-refractivity contribution in [2.45, 2.75) is 6.92 Å². The van der Waals surface area contributed by atoms with Crippen LogP contribution < -0.4 is 10.1 Å². The van der Waals surface area contributed by atoms with Gasteiger partial charge >= 0.3 is 0 Å². The number of methoxy groups -OCH3 is 1. The van der Waals surface area contributed by atoms with Crippen molar-refractivity contribution in [1.82, 2.24) is 0 Å². The fraction of sp³-hybridized carbons (Fsp3) is 0.125. The summed E-state index contributed by atoms with van der Waals surface area (Å²) >= 11 is 3.34. The summed E-state index contributed by atoms with van der Waals surface area (Å²) < 4.78 is 6.05. The van der Waals surface area contributed by atoms with Crippen LogP contribution in [-0.2, 0) is 0 Å². The zero-order valence-electron chi connectivity index (χ0n) is 11.6. The van der Waals surface area contributed by atoms with E-state index in [1.165, 1.54) is 7.11 Å². The maximum atomic E-state index is 12.4. The van der Waals surface area contributed by atoms with Gasteiger partial charge in [0, 0.05) is 10.2 Å². The van der Waals surface area contributed by atoms with Crippen LogP contribution in [0.2, 0.25) is 0 Å². The van der Waals surface area contributed by atoms with Crippen molar-refractivity contribution in [2.24, 2.45) is 0 Å². The monoisotopic (exact) mass is 344 g/mol. The molecule has 0 saturated heterocycles. The second-order valence-electron chi connectivity index (χ2n) is 4.44. The number of nitrogens with one attached hydrogen (secondary N) is 1. The Balaban J connectivity index is 2.32. The fourth-order valence-corrected chi connectivity index (χ4v) is 2.21. The number of aryl methyl sites for hydroxylation is 1. The summed E-state index contributed by atoms with van der Waals surface area (Å²) in [7, 11) is 1.51. The van der Waals surface area contributed by atoms with Gasteiger partial charge in [-0.15, -0.1) is 0 Å². The number of carbonyl (C=O) groups excluding carboxylic acids is 1. The highest BCUT2D eigenvalue weighted by molar-refractivity contribution is 9.10. The van der Waals surface area contributed by atoms with Crippen LogP contribution in [0.1, 0.15) is 21.5 Å². The molecule has 21 heavy (non-hydrogen) atoms. The molecule has 0 aromatic heterocycles. The molecule has 2 aromatic carbocycles. The highest BCUT2D eigenvalue weighted by Crippen LogP contribution is 2.25. The van der Waals surface area contributed by atoms with Gasteiger partial charge in [-0.25, -0.2) is 0 Å². The highest BCUT2D eigenvalue weighted by Gasteiger charge is 2.14. The number of halogens is 1. The van der Waals surface area contributed by atoms with Gasteiger partial charge in [0.2, 0.25) is 0 Å². The molecule has 0 radical (unpaired) electrons. The molecule has 0 aliphatic carbocycles. The first-order valence-electron chi connectivity index (χ1n) is 6.21. The van der Waals surface area contributed by atoms with Crippen LogP contribution in [0.4, 0.5) is 5.69 Å². The number of hydrogen-bond donors (Lipinski definition) is 1. The van der Waals surface area contributed by atoms with Crippen molar-refractivity contribution >= 4 is 27.5 Å². The molecular formula is C16H13BrN2O2. The van der Waals surface area contributed by atoms with Crippen LogP contribution in [0.3, 0.4) is 0 Å². The predicted octanol–water partition coefficient (Wildman–Crippen LogP) is 3.89. The van der Waals surface area contributed by atoms with Gasteiger partial charge in [-0.3, -0.25) is 4.79 Å². The molecule has 106 valence electrons. The van der Waals surface area contributed by atoms with Crippen LogP contribution >= 0.6 is 15.9 Å². The number of nitrogens with zero attached hydrogens (tertiary/aromatic N) is 1. The first-order chi connectivity index (χ1) is 10.0. The lowest BCUT2D eigenvalue weighted by molar-refractivity contribution is 0.102. The van der Waals surface area contributed by atoms with Crippen molar-refractivity contribution in [3.05, 3.63) is 57.6 Å². The molecule has 0 aliphatic rings. The molecule has 1 amide bonds. The summed E-state index contributed by atoms with van der Waals surface area (Å²) in [6.07, 6.45) is 0. The quantitative estimate of drug-likeness (QED) is 0.918. The minimum Gasteiger partial charge on any atom is -0.496 e. The second-order valence-corrected chi connectivity index (χ2v) is 5.36. The number of benzene rings is 2. The average molecular weight is 345 g/mol. The number of rotatable bonds is 3. The van der Waals surface area contributed by atoms with Gasteiger partial charge in [-0.05, 0) is 42.8 Å². The van der Waals surface area contributed by atoms with Crippen LogP contribution in [0.5, 0.6) is 5.75 Å². The van der Waals surface area contributed by atoms with Gasteiger partial charge in [0.05, 0.1) is 24.3 Å². The smallest absolute Gasteiger partial charge is 0.259 e. The Morgan fingerprint density at radius 2 is 2.05 bits per heavy atom. The van der Waals surface area contributed by atoms with Crippen LogP contribution in [0, 0.1) is 18.3 Å². The zero-order valence-corrected chi connectivity index (χ0v) is 13.2. The molecule has 0 aliphatic heterocycles. The molecule has 0 heterocycles. The van der Waals surface area contributed by atoms with Crippen molar-refractivity contribution in [1.29, 1.82) is 5.26 Å². The minimum absolute atomic E-state index is 0.280. The standard InChI is InChI=1S/C16H13BrN2O2/c1-10-3-4-11(9-18)7-14(10)19-16(20)13-6-5-12(17)8-15(13)21-2/h3-8H,1-2H3,(H,19,20). The zero-order chi connectivity index (χ0) is 15.4. The number of hydrogen-bond acceptors (Lipinski definition) is 3. The molecule has 0 fully saturated rings. The van der Waals surface area contributed by atoms with Gasteiger partial charge in [0.15, 0.2) is 0 Å². The molecule has 0 saturated carbocycles. The first kappa shape index (κ1) is 15.1. The van der Waals surface area contributed by atoms with Crippen molar-refractivity contribution in [3.63, 3.8) is 0 Å². The molecule has 0 bridgehead atoms. The van der Waals surface area contributed by atoms with E-state index in [0.717, 1.165) is 10.0 Å². The Morgan fingerprint density at radius 1 is 1.29 bits per heavy atom. The Bertz CT molecular complexity index is 736. The molecule has 4 nitrogen and oxygen atoms in total. The van der Waals surface area contributed by atoms with E-state index in [1.807, 2.05) is 6.92 Å². The van der Waals surface area contributed by atoms with E-state index in [0.29, 0.717) is 22.6 Å². The van der Waals surface area contributed by atoms with Gasteiger partial charge in [0.25, 0.3) is 5.91 Å². The minimum atomic E-state index is -0.280. The lowest BCUT2D eigenvalue weighted by atomic mass is 10.1. The largest absolute Gasteiger partial charge is 0.496 e. The van der Waals surface area contributed by atoms with Crippen molar-refractivity contribution in [2.75, 3.05) is 12.4 Å². The predicted molar refractivity (Wildman–Crippen MR) is 84.5 cm³/mol. The lowest BCUT2D eigenvalue weighted by Gasteiger charge is -2.11. The molecule has 0 atom stereocenters. The molecule has 5 heteroatoms. The van der Waals surface area contributed by atoms with Gasteiger partial charge in [-0.2, -0.15) is 5.26 Å². The average Bonchev–Trinajstić information content (AvgIpc) is 2.49. The molecule has 0 spiro atoms. The Labute approximate surface area is 131 Å². The van der Waals surface area contributed by atoms with E-state index < -0.39 is 0 Å². The van der Waals surface area contributed by atoms with Gasteiger partial charge < -0.3 is 10.1 Å². The summed E-state index contributed by atoms with van der Waals surface area (Å²) in [5.74, 6) is 0.202. The van der Waals surface area contributed by atoms with E-state index in [9.17, 15) is 4.79 Å². The van der Waals surface area contributed by atoms with E-state index in [4.69, 9.17) is 10.00 Å². The van der Waals surface area contributed by atoms with Gasteiger partial charge in [0.1, 0.15) is 5.75 Å². The first-order valence-corrected chi connectivity index (χ1v) is 7.00. The molecule has 2 rings (SSSR count). The molecule has 2 aromatic rings. The normalized spacial score (nSPS) is 9.81. The fourth-order valence-electron chi connectivity index (χ4n) is 1.87. The van der Waals surface area contributed by atoms with Crippen molar-refractivity contribution in [3.8, 4) is 11.8 Å². The Morgan fingerprint density at radius 3 is 2.71 bits per heavy atom. The maximum absolute atomic E-state index is 12.4. The molecule has 1 N–H and O–H groups in total.